The van der Waals surface area contributed by atoms with Gasteiger partial charge in [-0.25, -0.2) is 20.3 Å². The number of hydrogen-bond acceptors (Lipinski definition) is 9. The zero-order valence-corrected chi connectivity index (χ0v) is 24.2. The van der Waals surface area contributed by atoms with Crippen molar-refractivity contribution < 1.29 is 13.5 Å². The maximum atomic E-state index is 17.2. The van der Waals surface area contributed by atoms with Crippen LogP contribution in [0, 0.1) is 18.2 Å². The highest BCUT2D eigenvalue weighted by Crippen LogP contribution is 2.52. The number of nitrogens with one attached hydrogen (secondary N) is 1. The minimum atomic E-state index is -0.893. The molecule has 218 valence electrons. The molecule has 1 aliphatic carbocycles. The quantitative estimate of drug-likeness (QED) is 0.305. The van der Waals surface area contributed by atoms with E-state index in [2.05, 4.69) is 37.0 Å². The second-order valence-corrected chi connectivity index (χ2v) is 12.5. The third-order valence-corrected chi connectivity index (χ3v) is 9.95. The number of halogens is 2. The Bertz CT molecular complexity index is 1730. The summed E-state index contributed by atoms with van der Waals surface area (Å²) in [6.07, 6.45) is 4.21. The van der Waals surface area contributed by atoms with Crippen LogP contribution in [-0.2, 0) is 5.54 Å². The maximum absolute atomic E-state index is 17.2. The SMILES string of the molecule is [C-]#[N+]C1(c2cc3c(N4CCNCC4)nc(OC[C@@H]4CCCN4C)nc3c(F)c2-c2ccc(F)c3sc(N)nc23)CCC1. The second-order valence-electron chi connectivity index (χ2n) is 11.5. The molecule has 7 rings (SSSR count). The van der Waals surface area contributed by atoms with Gasteiger partial charge in [0.15, 0.2) is 10.9 Å². The molecule has 12 heteroatoms. The van der Waals surface area contributed by atoms with E-state index in [0.717, 1.165) is 50.2 Å². The van der Waals surface area contributed by atoms with E-state index >= 15 is 4.39 Å². The number of rotatable bonds is 6. The van der Waals surface area contributed by atoms with E-state index < -0.39 is 17.2 Å². The van der Waals surface area contributed by atoms with Gasteiger partial charge in [0.1, 0.15) is 23.8 Å². The van der Waals surface area contributed by atoms with Crippen LogP contribution in [0.1, 0.15) is 37.7 Å². The first-order valence-electron chi connectivity index (χ1n) is 14.5. The third-order valence-electron chi connectivity index (χ3n) is 9.06. The minimum Gasteiger partial charge on any atom is -0.462 e. The summed E-state index contributed by atoms with van der Waals surface area (Å²) in [5.41, 5.74) is 6.69. The van der Waals surface area contributed by atoms with Crippen molar-refractivity contribution in [2.75, 3.05) is 57.0 Å². The van der Waals surface area contributed by atoms with Crippen LogP contribution < -0.4 is 20.7 Å². The molecular weight excluding hydrogens is 558 g/mol. The molecular formula is C30H32F2N8OS. The number of likely N-dealkylation sites (tertiary alicyclic amines) is 1. The number of nitrogens with two attached hydrogens (primary N) is 1. The Morgan fingerprint density at radius 2 is 1.95 bits per heavy atom. The van der Waals surface area contributed by atoms with Gasteiger partial charge in [-0.15, -0.1) is 0 Å². The van der Waals surface area contributed by atoms with Crippen LogP contribution >= 0.6 is 11.3 Å². The Morgan fingerprint density at radius 3 is 2.64 bits per heavy atom. The van der Waals surface area contributed by atoms with Gasteiger partial charge in [0.05, 0.1) is 10.2 Å². The fourth-order valence-electron chi connectivity index (χ4n) is 6.51. The highest BCUT2D eigenvalue weighted by atomic mass is 32.1. The molecule has 3 fully saturated rings. The number of fused-ring (bicyclic) bond motifs is 2. The van der Waals surface area contributed by atoms with Crippen molar-refractivity contribution in [3.05, 3.63) is 46.8 Å². The number of thiazole rings is 1. The van der Waals surface area contributed by atoms with Gasteiger partial charge in [-0.3, -0.25) is 0 Å². The molecule has 3 aliphatic rings. The van der Waals surface area contributed by atoms with Crippen LogP contribution in [0.4, 0.5) is 19.7 Å². The van der Waals surface area contributed by atoms with Gasteiger partial charge in [-0.1, -0.05) is 11.3 Å². The molecule has 0 unspecified atom stereocenters. The Morgan fingerprint density at radius 1 is 1.14 bits per heavy atom. The maximum Gasteiger partial charge on any atom is 0.319 e. The number of hydrogen-bond donors (Lipinski definition) is 2. The molecule has 0 spiro atoms. The highest BCUT2D eigenvalue weighted by molar-refractivity contribution is 7.22. The molecule has 2 aromatic carbocycles. The second kappa shape index (κ2) is 10.6. The van der Waals surface area contributed by atoms with Crippen molar-refractivity contribution in [1.82, 2.24) is 25.2 Å². The Labute approximate surface area is 246 Å². The lowest BCUT2D eigenvalue weighted by Gasteiger charge is -2.33. The predicted octanol–water partition coefficient (Wildman–Crippen LogP) is 4.95. The van der Waals surface area contributed by atoms with Crippen LogP contribution in [0.2, 0.25) is 0 Å². The molecule has 42 heavy (non-hydrogen) atoms. The van der Waals surface area contributed by atoms with Gasteiger partial charge in [0, 0.05) is 67.1 Å². The zero-order chi connectivity index (χ0) is 29.0. The lowest BCUT2D eigenvalue weighted by atomic mass is 9.70. The van der Waals surface area contributed by atoms with E-state index in [1.165, 1.54) is 12.1 Å². The van der Waals surface area contributed by atoms with Crippen LogP contribution in [-0.4, -0.2) is 72.3 Å². The van der Waals surface area contributed by atoms with Crippen LogP contribution in [0.25, 0.3) is 37.1 Å². The first-order valence-corrected chi connectivity index (χ1v) is 15.3. The molecule has 0 amide bonds. The molecule has 9 nitrogen and oxygen atoms in total. The van der Waals surface area contributed by atoms with Crippen molar-refractivity contribution in [2.24, 2.45) is 0 Å². The monoisotopic (exact) mass is 590 g/mol. The van der Waals surface area contributed by atoms with E-state index in [9.17, 15) is 4.39 Å². The number of aromatic nitrogens is 3. The normalized spacial score (nSPS) is 20.6. The Balaban J connectivity index is 1.47. The summed E-state index contributed by atoms with van der Waals surface area (Å²) in [6.45, 7) is 12.5. The summed E-state index contributed by atoms with van der Waals surface area (Å²) in [5.74, 6) is -0.451. The standard InChI is InChI=1S/C30H32F2N8OS/c1-34-30(8-4-9-30)20-15-19-24(23(32)22(20)18-6-7-21(31)26-25(18)36-28(33)42-26)37-29(41-16-17-5-3-12-39(17)2)38-27(19)40-13-10-35-11-14-40/h6-7,15,17,35H,3-5,8-14,16H2,2H3,(H2,33,36)/t17-/m0/s1. The lowest BCUT2D eigenvalue weighted by Crippen LogP contribution is -2.44. The van der Waals surface area contributed by atoms with Crippen molar-refractivity contribution in [3.63, 3.8) is 0 Å². The first kappa shape index (κ1) is 27.2. The molecule has 1 saturated carbocycles. The van der Waals surface area contributed by atoms with Gasteiger partial charge in [-0.2, -0.15) is 9.97 Å². The lowest BCUT2D eigenvalue weighted by molar-refractivity contribution is 0.188. The summed E-state index contributed by atoms with van der Waals surface area (Å²) in [7, 11) is 2.07. The summed E-state index contributed by atoms with van der Waals surface area (Å²) >= 11 is 1.02. The van der Waals surface area contributed by atoms with E-state index in [1.54, 1.807) is 0 Å². The topological polar surface area (TPSA) is 96.8 Å². The highest BCUT2D eigenvalue weighted by Gasteiger charge is 2.49. The molecule has 0 bridgehead atoms. The Kier molecular flexibility index (Phi) is 6.84. The number of nitrogens with zero attached hydrogens (tertiary/aromatic N) is 6. The number of piperazine rings is 1. The van der Waals surface area contributed by atoms with Gasteiger partial charge < -0.3 is 30.4 Å². The van der Waals surface area contributed by atoms with Crippen LogP contribution in [0.5, 0.6) is 6.01 Å². The number of nitrogen functional groups attached to an aromatic ring is 1. The fraction of sp³-hybridized carbons (Fsp3) is 0.467. The van der Waals surface area contributed by atoms with Crippen molar-refractivity contribution in [1.29, 1.82) is 0 Å². The van der Waals surface area contributed by atoms with E-state index in [-0.39, 0.29) is 38.5 Å². The molecule has 3 N–H and O–H groups in total. The van der Waals surface area contributed by atoms with Gasteiger partial charge in [0.2, 0.25) is 0 Å². The van der Waals surface area contributed by atoms with Gasteiger partial charge >= 0.3 is 6.01 Å². The third kappa shape index (κ3) is 4.42. The Hall–Kier alpha value is -3.66. The molecule has 0 radical (unpaired) electrons. The van der Waals surface area contributed by atoms with E-state index in [4.69, 9.17) is 22.0 Å². The first-order chi connectivity index (χ1) is 20.4. The molecule has 2 saturated heterocycles. The predicted molar refractivity (Wildman–Crippen MR) is 161 cm³/mol. The van der Waals surface area contributed by atoms with Crippen LogP contribution in [0.3, 0.4) is 0 Å². The molecule has 4 heterocycles. The smallest absolute Gasteiger partial charge is 0.319 e. The summed E-state index contributed by atoms with van der Waals surface area (Å²) < 4.78 is 38.4. The van der Waals surface area contributed by atoms with E-state index in [1.807, 2.05) is 6.07 Å². The summed E-state index contributed by atoms with van der Waals surface area (Å²) in [6, 6.07) is 5.11. The minimum absolute atomic E-state index is 0.118. The summed E-state index contributed by atoms with van der Waals surface area (Å²) in [5, 5.41) is 4.10. The van der Waals surface area contributed by atoms with E-state index in [0.29, 0.717) is 54.9 Å². The average molecular weight is 591 g/mol. The number of ether oxygens (including phenoxy) is 1. The number of benzene rings is 2. The fourth-order valence-corrected chi connectivity index (χ4v) is 7.27. The number of likely N-dealkylation sites (N-methyl/N-ethyl adjacent to an activating group) is 1. The number of anilines is 2. The molecule has 1 atom stereocenters. The van der Waals surface area contributed by atoms with Gasteiger partial charge in [-0.05, 0) is 51.1 Å². The summed E-state index contributed by atoms with van der Waals surface area (Å²) in [4.78, 5) is 22.3. The van der Waals surface area contributed by atoms with Crippen LogP contribution in [0.15, 0.2) is 18.2 Å². The van der Waals surface area contributed by atoms with Crippen molar-refractivity contribution >= 4 is 43.4 Å². The van der Waals surface area contributed by atoms with Crippen molar-refractivity contribution in [2.45, 2.75) is 43.7 Å². The average Bonchev–Trinajstić information content (AvgIpc) is 3.58. The molecule has 4 aromatic rings. The van der Waals surface area contributed by atoms with Gasteiger partial charge in [0.25, 0.3) is 5.54 Å². The molecule has 2 aliphatic heterocycles. The largest absolute Gasteiger partial charge is 0.462 e. The molecule has 2 aromatic heterocycles. The zero-order valence-electron chi connectivity index (χ0n) is 23.4. The van der Waals surface area contributed by atoms with Crippen molar-refractivity contribution in [3.8, 4) is 17.1 Å².